The molecule has 0 atom stereocenters. The van der Waals surface area contributed by atoms with Crippen LogP contribution >= 0.6 is 0 Å². The van der Waals surface area contributed by atoms with Crippen LogP contribution in [0, 0.1) is 5.82 Å². The van der Waals surface area contributed by atoms with Gasteiger partial charge in [-0.1, -0.05) is 12.1 Å². The van der Waals surface area contributed by atoms with Crippen molar-refractivity contribution in [2.45, 2.75) is 20.0 Å². The van der Waals surface area contributed by atoms with Crippen molar-refractivity contribution in [1.82, 2.24) is 15.0 Å². The summed E-state index contributed by atoms with van der Waals surface area (Å²) >= 11 is 0. The van der Waals surface area contributed by atoms with E-state index in [1.165, 1.54) is 12.1 Å². The lowest BCUT2D eigenvalue weighted by Crippen LogP contribution is -2.49. The van der Waals surface area contributed by atoms with E-state index in [0.717, 1.165) is 44.7 Å². The van der Waals surface area contributed by atoms with Crippen LogP contribution in [0.15, 0.2) is 34.9 Å². The molecule has 0 spiro atoms. The average molecular weight is 361 g/mol. The fraction of sp³-hybridized carbons (Fsp3) is 0.474. The number of halogens is 1. The van der Waals surface area contributed by atoms with Crippen LogP contribution in [0.1, 0.15) is 19.0 Å². The van der Waals surface area contributed by atoms with Crippen molar-refractivity contribution in [2.75, 3.05) is 39.3 Å². The molecule has 1 aliphatic heterocycles. The SMILES string of the molecule is CCCN1CCN(C(=O)COCc2cc(-c3ccc(F)cc3)on2)CC1. The zero-order chi connectivity index (χ0) is 18.4. The lowest BCUT2D eigenvalue weighted by Gasteiger charge is -2.34. The van der Waals surface area contributed by atoms with Crippen molar-refractivity contribution in [3.63, 3.8) is 0 Å². The Bertz CT molecular complexity index is 709. The molecule has 0 unspecified atom stereocenters. The molecule has 1 saturated heterocycles. The third-order valence-electron chi connectivity index (χ3n) is 4.43. The number of amides is 1. The molecule has 3 rings (SSSR count). The lowest BCUT2D eigenvalue weighted by atomic mass is 10.1. The fourth-order valence-corrected chi connectivity index (χ4v) is 3.00. The van der Waals surface area contributed by atoms with Crippen LogP contribution < -0.4 is 0 Å². The molecule has 26 heavy (non-hydrogen) atoms. The van der Waals surface area contributed by atoms with Gasteiger partial charge >= 0.3 is 0 Å². The number of benzene rings is 1. The van der Waals surface area contributed by atoms with Gasteiger partial charge in [0.05, 0.1) is 6.61 Å². The summed E-state index contributed by atoms with van der Waals surface area (Å²) in [6, 6.07) is 7.73. The van der Waals surface area contributed by atoms with E-state index >= 15 is 0 Å². The molecular weight excluding hydrogens is 337 g/mol. The Morgan fingerprint density at radius 1 is 1.23 bits per heavy atom. The number of carbonyl (C=O) groups is 1. The number of aromatic nitrogens is 1. The Morgan fingerprint density at radius 3 is 2.65 bits per heavy atom. The van der Waals surface area contributed by atoms with E-state index in [-0.39, 0.29) is 24.9 Å². The molecule has 1 aromatic heterocycles. The largest absolute Gasteiger partial charge is 0.365 e. The summed E-state index contributed by atoms with van der Waals surface area (Å²) in [5.41, 5.74) is 1.34. The van der Waals surface area contributed by atoms with Gasteiger partial charge in [-0.3, -0.25) is 9.69 Å². The van der Waals surface area contributed by atoms with Crippen molar-refractivity contribution in [1.29, 1.82) is 0 Å². The Kier molecular flexibility index (Phi) is 6.35. The van der Waals surface area contributed by atoms with Crippen LogP contribution in [0.4, 0.5) is 4.39 Å². The van der Waals surface area contributed by atoms with Gasteiger partial charge in [0.2, 0.25) is 5.91 Å². The van der Waals surface area contributed by atoms with Crippen LogP contribution in [0.3, 0.4) is 0 Å². The fourth-order valence-electron chi connectivity index (χ4n) is 3.00. The van der Waals surface area contributed by atoms with Crippen molar-refractivity contribution < 1.29 is 18.4 Å². The Labute approximate surface area is 152 Å². The van der Waals surface area contributed by atoms with Gasteiger partial charge in [-0.2, -0.15) is 0 Å². The summed E-state index contributed by atoms with van der Waals surface area (Å²) in [5, 5.41) is 3.93. The number of hydrogen-bond donors (Lipinski definition) is 0. The van der Waals surface area contributed by atoms with Gasteiger partial charge in [-0.15, -0.1) is 0 Å². The molecule has 0 saturated carbocycles. The quantitative estimate of drug-likeness (QED) is 0.759. The molecular formula is C19H24FN3O3. The molecule has 140 valence electrons. The lowest BCUT2D eigenvalue weighted by molar-refractivity contribution is -0.138. The van der Waals surface area contributed by atoms with Crippen LogP contribution in [-0.4, -0.2) is 60.2 Å². The summed E-state index contributed by atoms with van der Waals surface area (Å²) in [6.07, 6.45) is 1.13. The van der Waals surface area contributed by atoms with E-state index in [1.807, 2.05) is 4.90 Å². The summed E-state index contributed by atoms with van der Waals surface area (Å²) in [5.74, 6) is 0.247. The van der Waals surface area contributed by atoms with Gasteiger partial charge in [0.1, 0.15) is 18.1 Å². The third kappa shape index (κ3) is 4.89. The van der Waals surface area contributed by atoms with Gasteiger partial charge in [0.25, 0.3) is 0 Å². The number of piperazine rings is 1. The van der Waals surface area contributed by atoms with Crippen molar-refractivity contribution >= 4 is 5.91 Å². The molecule has 1 aliphatic rings. The maximum Gasteiger partial charge on any atom is 0.248 e. The van der Waals surface area contributed by atoms with Crippen molar-refractivity contribution in [3.05, 3.63) is 41.8 Å². The zero-order valence-electron chi connectivity index (χ0n) is 15.0. The molecule has 0 N–H and O–H groups in total. The van der Waals surface area contributed by atoms with E-state index < -0.39 is 0 Å². The minimum absolute atomic E-state index is 0.00315. The van der Waals surface area contributed by atoms with E-state index in [4.69, 9.17) is 9.26 Å². The molecule has 0 radical (unpaired) electrons. The number of nitrogens with zero attached hydrogens (tertiary/aromatic N) is 3. The maximum atomic E-state index is 13.0. The summed E-state index contributed by atoms with van der Waals surface area (Å²) < 4.78 is 23.7. The predicted octanol–water partition coefficient (Wildman–Crippen LogP) is 2.55. The first kappa shape index (κ1) is 18.5. The van der Waals surface area contributed by atoms with Crippen molar-refractivity contribution in [3.8, 4) is 11.3 Å². The molecule has 2 heterocycles. The van der Waals surface area contributed by atoms with Crippen molar-refractivity contribution in [2.24, 2.45) is 0 Å². The first-order chi connectivity index (χ1) is 12.7. The highest BCUT2D eigenvalue weighted by atomic mass is 19.1. The van der Waals surface area contributed by atoms with Gasteiger partial charge < -0.3 is 14.2 Å². The van der Waals surface area contributed by atoms with E-state index in [0.29, 0.717) is 11.5 Å². The van der Waals surface area contributed by atoms with E-state index in [9.17, 15) is 9.18 Å². The van der Waals surface area contributed by atoms with Gasteiger partial charge in [-0.25, -0.2) is 4.39 Å². The Morgan fingerprint density at radius 2 is 1.96 bits per heavy atom. The number of rotatable bonds is 7. The highest BCUT2D eigenvalue weighted by Gasteiger charge is 2.20. The third-order valence-corrected chi connectivity index (χ3v) is 4.43. The summed E-state index contributed by atoms with van der Waals surface area (Å²) in [4.78, 5) is 16.4. The minimum atomic E-state index is -0.300. The number of ether oxygens (including phenoxy) is 1. The standard InChI is InChI=1S/C19H24FN3O3/c1-2-7-22-8-10-23(11-9-22)19(24)14-25-13-17-12-18(26-21-17)15-3-5-16(20)6-4-15/h3-6,12H,2,7-11,13-14H2,1H3. The van der Waals surface area contributed by atoms with E-state index in [2.05, 4.69) is 17.0 Å². The molecule has 2 aromatic rings. The molecule has 1 fully saturated rings. The number of hydrogen-bond acceptors (Lipinski definition) is 5. The Balaban J connectivity index is 1.42. The normalized spacial score (nSPS) is 15.4. The molecule has 7 heteroatoms. The number of carbonyl (C=O) groups excluding carboxylic acids is 1. The predicted molar refractivity (Wildman–Crippen MR) is 94.9 cm³/mol. The highest BCUT2D eigenvalue weighted by Crippen LogP contribution is 2.20. The molecule has 0 bridgehead atoms. The minimum Gasteiger partial charge on any atom is -0.365 e. The average Bonchev–Trinajstić information content (AvgIpc) is 3.12. The van der Waals surface area contributed by atoms with Crippen LogP contribution in [0.25, 0.3) is 11.3 Å². The first-order valence-electron chi connectivity index (χ1n) is 8.95. The summed E-state index contributed by atoms with van der Waals surface area (Å²) in [6.45, 7) is 6.83. The second-order valence-electron chi connectivity index (χ2n) is 6.40. The van der Waals surface area contributed by atoms with Gasteiger partial charge in [0.15, 0.2) is 5.76 Å². The molecule has 6 nitrogen and oxygen atoms in total. The second kappa shape index (κ2) is 8.91. The van der Waals surface area contributed by atoms with E-state index in [1.54, 1.807) is 18.2 Å². The van der Waals surface area contributed by atoms with Gasteiger partial charge in [-0.05, 0) is 37.2 Å². The summed E-state index contributed by atoms with van der Waals surface area (Å²) in [7, 11) is 0. The Hall–Kier alpha value is -2.25. The first-order valence-corrected chi connectivity index (χ1v) is 8.95. The van der Waals surface area contributed by atoms with Crippen LogP contribution in [0.5, 0.6) is 0 Å². The second-order valence-corrected chi connectivity index (χ2v) is 6.40. The highest BCUT2D eigenvalue weighted by molar-refractivity contribution is 5.77. The zero-order valence-corrected chi connectivity index (χ0v) is 15.0. The van der Waals surface area contributed by atoms with Crippen LogP contribution in [-0.2, 0) is 16.1 Å². The molecule has 1 aromatic carbocycles. The smallest absolute Gasteiger partial charge is 0.248 e. The van der Waals surface area contributed by atoms with Gasteiger partial charge in [0, 0.05) is 37.8 Å². The topological polar surface area (TPSA) is 58.8 Å². The maximum absolute atomic E-state index is 13.0. The van der Waals surface area contributed by atoms with Crippen LogP contribution in [0.2, 0.25) is 0 Å². The molecule has 1 amide bonds. The molecule has 0 aliphatic carbocycles. The monoisotopic (exact) mass is 361 g/mol.